The Morgan fingerprint density at radius 1 is 1.37 bits per heavy atom. The van der Waals surface area contributed by atoms with E-state index in [1.54, 1.807) is 11.8 Å². The van der Waals surface area contributed by atoms with Crippen LogP contribution in [0, 0.1) is 11.3 Å². The number of aromatic nitrogens is 3. The Balaban J connectivity index is 2.13. The van der Waals surface area contributed by atoms with E-state index < -0.39 is 0 Å². The van der Waals surface area contributed by atoms with Gasteiger partial charge in [0.25, 0.3) is 0 Å². The molecular weight excluding hydrogens is 256 g/mol. The summed E-state index contributed by atoms with van der Waals surface area (Å²) in [5.41, 5.74) is 0. The highest BCUT2D eigenvalue weighted by Crippen LogP contribution is 2.33. The Kier molecular flexibility index (Phi) is 5.46. The Hall–Kier alpha value is -1.28. The van der Waals surface area contributed by atoms with Crippen molar-refractivity contribution in [2.45, 2.75) is 56.1 Å². The second-order valence-corrected chi connectivity index (χ2v) is 5.89. The fourth-order valence-corrected chi connectivity index (χ4v) is 3.36. The van der Waals surface area contributed by atoms with Gasteiger partial charge in [0.15, 0.2) is 5.16 Å². The first-order valence-corrected chi connectivity index (χ1v) is 7.89. The summed E-state index contributed by atoms with van der Waals surface area (Å²) in [4.78, 5) is 0. The van der Waals surface area contributed by atoms with Crippen molar-refractivity contribution in [3.8, 4) is 6.07 Å². The lowest BCUT2D eigenvalue weighted by atomic mass is 9.89. The van der Waals surface area contributed by atoms with E-state index in [1.165, 1.54) is 32.1 Å². The molecule has 1 aromatic rings. The molecule has 1 aliphatic carbocycles. The second-order valence-electron chi connectivity index (χ2n) is 4.83. The standard InChI is InChI=1S/C14H20N4S/c1-2-10-18-13(12-7-4-3-5-8-12)16-17-14(18)19-11-6-9-15/h2,12H,1,3-8,10-11H2. The van der Waals surface area contributed by atoms with E-state index in [9.17, 15) is 0 Å². The highest BCUT2D eigenvalue weighted by Gasteiger charge is 2.22. The van der Waals surface area contributed by atoms with Crippen molar-refractivity contribution in [2.24, 2.45) is 0 Å². The lowest BCUT2D eigenvalue weighted by Crippen LogP contribution is -2.12. The quantitative estimate of drug-likeness (QED) is 0.453. The zero-order valence-electron chi connectivity index (χ0n) is 11.2. The third-order valence-corrected chi connectivity index (χ3v) is 4.44. The first-order chi connectivity index (χ1) is 9.36. The van der Waals surface area contributed by atoms with Crippen LogP contribution in [0.3, 0.4) is 0 Å². The van der Waals surface area contributed by atoms with Crippen molar-refractivity contribution in [3.05, 3.63) is 18.5 Å². The normalized spacial score (nSPS) is 16.2. The Morgan fingerprint density at radius 3 is 2.84 bits per heavy atom. The molecule has 1 heterocycles. The van der Waals surface area contributed by atoms with E-state index in [0.717, 1.165) is 23.3 Å². The van der Waals surface area contributed by atoms with Gasteiger partial charge >= 0.3 is 0 Å². The summed E-state index contributed by atoms with van der Waals surface area (Å²) in [6.07, 6.45) is 8.81. The molecule has 1 aliphatic rings. The number of nitriles is 1. The van der Waals surface area contributed by atoms with Crippen LogP contribution < -0.4 is 0 Å². The third kappa shape index (κ3) is 3.60. The van der Waals surface area contributed by atoms with Gasteiger partial charge in [0, 0.05) is 24.6 Å². The molecule has 0 N–H and O–H groups in total. The van der Waals surface area contributed by atoms with E-state index in [0.29, 0.717) is 12.3 Å². The molecule has 0 amide bonds. The maximum atomic E-state index is 8.60. The minimum atomic E-state index is 0.546. The van der Waals surface area contributed by atoms with Crippen LogP contribution in [-0.4, -0.2) is 20.5 Å². The zero-order chi connectivity index (χ0) is 13.5. The molecule has 1 aromatic heterocycles. The smallest absolute Gasteiger partial charge is 0.191 e. The van der Waals surface area contributed by atoms with E-state index in [1.807, 2.05) is 6.08 Å². The summed E-state index contributed by atoms with van der Waals surface area (Å²) in [6.45, 7) is 4.58. The van der Waals surface area contributed by atoms with E-state index in [-0.39, 0.29) is 0 Å². The van der Waals surface area contributed by atoms with Crippen molar-refractivity contribution in [3.63, 3.8) is 0 Å². The summed E-state index contributed by atoms with van der Waals surface area (Å²) >= 11 is 1.62. The molecule has 0 unspecified atom stereocenters. The molecule has 102 valence electrons. The topological polar surface area (TPSA) is 54.5 Å². The average Bonchev–Trinajstić information content (AvgIpc) is 2.84. The van der Waals surface area contributed by atoms with Crippen molar-refractivity contribution in [1.82, 2.24) is 14.8 Å². The molecule has 4 nitrogen and oxygen atoms in total. The predicted molar refractivity (Wildman–Crippen MR) is 77.0 cm³/mol. The molecule has 0 atom stereocenters. The number of nitrogens with zero attached hydrogens (tertiary/aromatic N) is 4. The summed E-state index contributed by atoms with van der Waals surface area (Å²) < 4.78 is 2.17. The molecule has 0 saturated heterocycles. The molecule has 0 spiro atoms. The van der Waals surface area contributed by atoms with Crippen LogP contribution in [0.1, 0.15) is 50.3 Å². The fraction of sp³-hybridized carbons (Fsp3) is 0.643. The first-order valence-electron chi connectivity index (χ1n) is 6.90. The maximum absolute atomic E-state index is 8.60. The lowest BCUT2D eigenvalue weighted by Gasteiger charge is -2.21. The van der Waals surface area contributed by atoms with Gasteiger partial charge in [0.1, 0.15) is 5.82 Å². The predicted octanol–water partition coefficient (Wildman–Crippen LogP) is 3.52. The van der Waals surface area contributed by atoms with E-state index in [4.69, 9.17) is 5.26 Å². The zero-order valence-corrected chi connectivity index (χ0v) is 12.0. The van der Waals surface area contributed by atoms with Crippen LogP contribution in [0.4, 0.5) is 0 Å². The number of thioether (sulfide) groups is 1. The lowest BCUT2D eigenvalue weighted by molar-refractivity contribution is 0.415. The molecule has 1 saturated carbocycles. The molecular formula is C14H20N4S. The molecule has 0 bridgehead atoms. The van der Waals surface area contributed by atoms with Gasteiger partial charge in [0.2, 0.25) is 0 Å². The molecule has 0 aromatic carbocycles. The molecule has 0 radical (unpaired) electrons. The minimum absolute atomic E-state index is 0.546. The summed E-state index contributed by atoms with van der Waals surface area (Å²) in [5, 5.41) is 18.2. The molecule has 5 heteroatoms. The van der Waals surface area contributed by atoms with Crippen LogP contribution in [0.15, 0.2) is 17.8 Å². The minimum Gasteiger partial charge on any atom is -0.302 e. The molecule has 0 aliphatic heterocycles. The monoisotopic (exact) mass is 276 g/mol. The van der Waals surface area contributed by atoms with E-state index in [2.05, 4.69) is 27.4 Å². The Bertz CT molecular complexity index is 455. The number of hydrogen-bond acceptors (Lipinski definition) is 4. The summed E-state index contributed by atoms with van der Waals surface area (Å²) in [7, 11) is 0. The fourth-order valence-electron chi connectivity index (χ4n) is 2.56. The first kappa shape index (κ1) is 14.1. The maximum Gasteiger partial charge on any atom is 0.191 e. The molecule has 1 fully saturated rings. The number of allylic oxidation sites excluding steroid dienone is 1. The Labute approximate surface area is 118 Å². The van der Waals surface area contributed by atoms with Gasteiger partial charge in [-0.25, -0.2) is 0 Å². The SMILES string of the molecule is C=CCn1c(SCCC#N)nnc1C1CCCCC1. The highest BCUT2D eigenvalue weighted by molar-refractivity contribution is 7.99. The highest BCUT2D eigenvalue weighted by atomic mass is 32.2. The van der Waals surface area contributed by atoms with Gasteiger partial charge in [-0.3, -0.25) is 0 Å². The average molecular weight is 276 g/mol. The largest absolute Gasteiger partial charge is 0.302 e. The van der Waals surface area contributed by atoms with Crippen LogP contribution >= 0.6 is 11.8 Å². The van der Waals surface area contributed by atoms with Crippen LogP contribution in [0.25, 0.3) is 0 Å². The van der Waals surface area contributed by atoms with Gasteiger partial charge < -0.3 is 4.57 Å². The van der Waals surface area contributed by atoms with Gasteiger partial charge in [0.05, 0.1) is 6.07 Å². The third-order valence-electron chi connectivity index (χ3n) is 3.47. The van der Waals surface area contributed by atoms with Gasteiger partial charge in [-0.15, -0.1) is 16.8 Å². The molecule has 2 rings (SSSR count). The van der Waals surface area contributed by atoms with Crippen LogP contribution in [0.5, 0.6) is 0 Å². The molecule has 19 heavy (non-hydrogen) atoms. The van der Waals surface area contributed by atoms with Gasteiger partial charge in [-0.1, -0.05) is 37.1 Å². The van der Waals surface area contributed by atoms with Crippen LogP contribution in [0.2, 0.25) is 0 Å². The second kappa shape index (κ2) is 7.34. The summed E-state index contributed by atoms with van der Waals surface area (Å²) in [5.74, 6) is 2.43. The van der Waals surface area contributed by atoms with Crippen LogP contribution in [-0.2, 0) is 6.54 Å². The van der Waals surface area contributed by atoms with E-state index >= 15 is 0 Å². The van der Waals surface area contributed by atoms with Crippen molar-refractivity contribution < 1.29 is 0 Å². The Morgan fingerprint density at radius 2 is 2.16 bits per heavy atom. The van der Waals surface area contributed by atoms with Crippen molar-refractivity contribution >= 4 is 11.8 Å². The number of rotatable bonds is 6. The van der Waals surface area contributed by atoms with Crippen molar-refractivity contribution in [1.29, 1.82) is 5.26 Å². The van der Waals surface area contributed by atoms with Crippen molar-refractivity contribution in [2.75, 3.05) is 5.75 Å². The van der Waals surface area contributed by atoms with Gasteiger partial charge in [-0.05, 0) is 12.8 Å². The van der Waals surface area contributed by atoms with Gasteiger partial charge in [-0.2, -0.15) is 5.26 Å². The summed E-state index contributed by atoms with van der Waals surface area (Å²) in [6, 6.07) is 2.16. The number of hydrogen-bond donors (Lipinski definition) is 0.